The van der Waals surface area contributed by atoms with Gasteiger partial charge in [0, 0.05) is 11.1 Å². The van der Waals surface area contributed by atoms with Crippen molar-refractivity contribution in [1.29, 1.82) is 0 Å². The second kappa shape index (κ2) is 4.43. The monoisotopic (exact) mass is 286 g/mol. The molecule has 2 heterocycles. The number of thiazole rings is 1. The van der Waals surface area contributed by atoms with Gasteiger partial charge in [-0.1, -0.05) is 32.1 Å². The van der Waals surface area contributed by atoms with Crippen LogP contribution in [-0.4, -0.2) is 17.7 Å². The number of aromatic nitrogens is 2. The fourth-order valence-electron chi connectivity index (χ4n) is 1.34. The Balaban J connectivity index is 2.11. The van der Waals surface area contributed by atoms with E-state index < -0.39 is 8.32 Å². The standard InChI is InChI=1S/C12H19FN2OSSi/c1-12(2,3)18(4,5)16-8-9-7-15-10(13)6-14-11(15)17-9/h6-7H,8H2,1-5H3. The van der Waals surface area contributed by atoms with Gasteiger partial charge in [0.15, 0.2) is 13.3 Å². The zero-order valence-electron chi connectivity index (χ0n) is 11.5. The van der Waals surface area contributed by atoms with Crippen LogP contribution in [-0.2, 0) is 11.0 Å². The largest absolute Gasteiger partial charge is 0.412 e. The van der Waals surface area contributed by atoms with Crippen LogP contribution in [0.1, 0.15) is 25.6 Å². The minimum absolute atomic E-state index is 0.190. The third-order valence-corrected chi connectivity index (χ3v) is 9.04. The summed E-state index contributed by atoms with van der Waals surface area (Å²) in [5, 5.41) is 0.190. The molecule has 0 aromatic carbocycles. The molecular formula is C12H19FN2OSSi. The lowest BCUT2D eigenvalue weighted by Crippen LogP contribution is -2.40. The molecule has 2 aromatic heterocycles. The third kappa shape index (κ3) is 2.50. The van der Waals surface area contributed by atoms with Crippen molar-refractivity contribution in [3.8, 4) is 0 Å². The van der Waals surface area contributed by atoms with E-state index in [4.69, 9.17) is 4.43 Å². The quantitative estimate of drug-likeness (QED) is 0.796. The molecular weight excluding hydrogens is 267 g/mol. The molecule has 0 aliphatic carbocycles. The van der Waals surface area contributed by atoms with Gasteiger partial charge in [-0.05, 0) is 18.1 Å². The van der Waals surface area contributed by atoms with Crippen molar-refractivity contribution in [3.05, 3.63) is 23.2 Å². The van der Waals surface area contributed by atoms with Crippen molar-refractivity contribution in [1.82, 2.24) is 9.38 Å². The van der Waals surface area contributed by atoms with Gasteiger partial charge in [0.25, 0.3) is 0 Å². The number of hydrogen-bond donors (Lipinski definition) is 0. The molecule has 0 aliphatic rings. The highest BCUT2D eigenvalue weighted by Gasteiger charge is 2.37. The molecule has 2 rings (SSSR count). The molecule has 6 heteroatoms. The van der Waals surface area contributed by atoms with Gasteiger partial charge in [0.05, 0.1) is 12.8 Å². The molecule has 0 atom stereocenters. The van der Waals surface area contributed by atoms with Crippen molar-refractivity contribution in [2.24, 2.45) is 0 Å². The maximum Gasteiger partial charge on any atom is 0.218 e. The van der Waals surface area contributed by atoms with Crippen molar-refractivity contribution in [2.45, 2.75) is 45.5 Å². The molecule has 0 amide bonds. The second-order valence-corrected chi connectivity index (χ2v) is 11.9. The molecule has 0 N–H and O–H groups in total. The predicted octanol–water partition coefficient (Wildman–Crippen LogP) is 4.06. The van der Waals surface area contributed by atoms with Crippen LogP contribution in [0, 0.1) is 5.95 Å². The molecule has 0 radical (unpaired) electrons. The van der Waals surface area contributed by atoms with E-state index in [1.165, 1.54) is 21.9 Å². The fourth-order valence-corrected chi connectivity index (χ4v) is 3.25. The van der Waals surface area contributed by atoms with Gasteiger partial charge < -0.3 is 4.43 Å². The molecule has 0 unspecified atom stereocenters. The Bertz CT molecular complexity index is 556. The summed E-state index contributed by atoms with van der Waals surface area (Å²) in [7, 11) is -1.75. The number of nitrogens with zero attached hydrogens (tertiary/aromatic N) is 2. The average molecular weight is 286 g/mol. The highest BCUT2D eigenvalue weighted by Crippen LogP contribution is 2.37. The molecule has 0 saturated heterocycles. The topological polar surface area (TPSA) is 26.5 Å². The Hall–Kier alpha value is -0.723. The van der Waals surface area contributed by atoms with E-state index in [2.05, 4.69) is 38.8 Å². The first-order valence-corrected chi connectivity index (χ1v) is 9.68. The van der Waals surface area contributed by atoms with Crippen molar-refractivity contribution in [3.63, 3.8) is 0 Å². The zero-order valence-corrected chi connectivity index (χ0v) is 13.3. The van der Waals surface area contributed by atoms with Crippen LogP contribution in [0.15, 0.2) is 12.4 Å². The van der Waals surface area contributed by atoms with Crippen LogP contribution in [0.4, 0.5) is 4.39 Å². The molecule has 0 spiro atoms. The molecule has 0 saturated carbocycles. The van der Waals surface area contributed by atoms with Crippen LogP contribution in [0.3, 0.4) is 0 Å². The smallest absolute Gasteiger partial charge is 0.218 e. The van der Waals surface area contributed by atoms with E-state index in [1.807, 2.05) is 0 Å². The van der Waals surface area contributed by atoms with Crippen LogP contribution < -0.4 is 0 Å². The van der Waals surface area contributed by atoms with Gasteiger partial charge in [-0.2, -0.15) is 4.39 Å². The minimum atomic E-state index is -1.75. The second-order valence-electron chi connectivity index (χ2n) is 5.98. The molecule has 0 bridgehead atoms. The maximum atomic E-state index is 13.3. The number of imidazole rings is 1. The Morgan fingerprint density at radius 3 is 2.67 bits per heavy atom. The van der Waals surface area contributed by atoms with E-state index in [1.54, 1.807) is 6.20 Å². The summed E-state index contributed by atoms with van der Waals surface area (Å²) in [5.41, 5.74) is 0. The molecule has 3 nitrogen and oxygen atoms in total. The summed E-state index contributed by atoms with van der Waals surface area (Å²) in [5.74, 6) is -0.320. The van der Waals surface area contributed by atoms with E-state index >= 15 is 0 Å². The number of rotatable bonds is 3. The Labute approximate surface area is 112 Å². The van der Waals surface area contributed by atoms with Crippen LogP contribution in [0.25, 0.3) is 4.96 Å². The van der Waals surface area contributed by atoms with E-state index in [0.717, 1.165) is 4.88 Å². The number of hydrogen-bond acceptors (Lipinski definition) is 3. The SMILES string of the molecule is CC(C)(C)[Si](C)(C)OCc1cn2c(F)cnc2s1. The first-order valence-electron chi connectivity index (χ1n) is 5.96. The zero-order chi connectivity index (χ0) is 13.6. The van der Waals surface area contributed by atoms with Gasteiger partial charge in [0.1, 0.15) is 0 Å². The first kappa shape index (κ1) is 13.7. The van der Waals surface area contributed by atoms with Crippen molar-refractivity contribution >= 4 is 24.6 Å². The lowest BCUT2D eigenvalue weighted by molar-refractivity contribution is 0.279. The molecule has 2 aromatic rings. The van der Waals surface area contributed by atoms with Crippen molar-refractivity contribution in [2.75, 3.05) is 0 Å². The van der Waals surface area contributed by atoms with Gasteiger partial charge >= 0.3 is 0 Å². The molecule has 100 valence electrons. The fraction of sp³-hybridized carbons (Fsp3) is 0.583. The Morgan fingerprint density at radius 1 is 1.44 bits per heavy atom. The van der Waals surface area contributed by atoms with Gasteiger partial charge in [-0.3, -0.25) is 4.40 Å². The van der Waals surface area contributed by atoms with E-state index in [0.29, 0.717) is 11.6 Å². The van der Waals surface area contributed by atoms with Crippen LogP contribution >= 0.6 is 11.3 Å². The summed E-state index contributed by atoms with van der Waals surface area (Å²) in [4.78, 5) is 5.69. The summed E-state index contributed by atoms with van der Waals surface area (Å²) >= 11 is 1.48. The average Bonchev–Trinajstić information content (AvgIpc) is 2.77. The minimum Gasteiger partial charge on any atom is -0.412 e. The molecule has 18 heavy (non-hydrogen) atoms. The van der Waals surface area contributed by atoms with E-state index in [9.17, 15) is 4.39 Å². The van der Waals surface area contributed by atoms with Gasteiger partial charge in [-0.25, -0.2) is 4.98 Å². The predicted molar refractivity (Wildman–Crippen MR) is 75.0 cm³/mol. The third-order valence-electron chi connectivity index (χ3n) is 3.59. The van der Waals surface area contributed by atoms with Crippen LogP contribution in [0.2, 0.25) is 18.1 Å². The van der Waals surface area contributed by atoms with E-state index in [-0.39, 0.29) is 11.0 Å². The normalized spacial score (nSPS) is 13.4. The number of fused-ring (bicyclic) bond motifs is 1. The summed E-state index contributed by atoms with van der Waals surface area (Å²) in [6.45, 7) is 11.6. The summed E-state index contributed by atoms with van der Waals surface area (Å²) < 4.78 is 20.9. The summed E-state index contributed by atoms with van der Waals surface area (Å²) in [6, 6.07) is 0. The highest BCUT2D eigenvalue weighted by molar-refractivity contribution is 7.17. The van der Waals surface area contributed by atoms with Crippen molar-refractivity contribution < 1.29 is 8.82 Å². The maximum absolute atomic E-state index is 13.3. The molecule has 0 fully saturated rings. The Kier molecular flexibility index (Phi) is 3.37. The summed E-state index contributed by atoms with van der Waals surface area (Å²) in [6.07, 6.45) is 3.01. The lowest BCUT2D eigenvalue weighted by atomic mass is 10.2. The van der Waals surface area contributed by atoms with Gasteiger partial charge in [-0.15, -0.1) is 0 Å². The van der Waals surface area contributed by atoms with Crippen LogP contribution in [0.5, 0.6) is 0 Å². The first-order chi connectivity index (χ1) is 8.21. The lowest BCUT2D eigenvalue weighted by Gasteiger charge is -2.35. The molecule has 0 aliphatic heterocycles. The highest BCUT2D eigenvalue weighted by atomic mass is 32.1. The Morgan fingerprint density at radius 2 is 2.11 bits per heavy atom. The van der Waals surface area contributed by atoms with Gasteiger partial charge in [0.2, 0.25) is 5.95 Å². The number of halogens is 1.